The molecular weight excluding hydrogens is 751 g/mol. The molecule has 0 amide bonds. The Morgan fingerprint density at radius 2 is 1.12 bits per heavy atom. The Bertz CT molecular complexity index is 2210. The van der Waals surface area contributed by atoms with Crippen LogP contribution in [0.1, 0.15) is 25.7 Å². The highest BCUT2D eigenvalue weighted by atomic mass is 32.1. The van der Waals surface area contributed by atoms with Gasteiger partial charge < -0.3 is 9.84 Å². The Balaban J connectivity index is 1.53. The Morgan fingerprint density at radius 3 is 1.52 bits per heavy atom. The smallest absolute Gasteiger partial charge is 0.380 e. The molecule has 0 saturated heterocycles. The SMILES string of the molecule is C=C(OC)c1ccc(-c2cc(C3=C(c4cc(-c5ccc(C(=O)O)s5)sc4-c4cccs4)C(F)(F)C(F)(F)C3(F)F)c(-c3cccs3)s2)s1. The Kier molecular flexibility index (Phi) is 8.16. The first-order valence-electron chi connectivity index (χ1n) is 13.7. The summed E-state index contributed by atoms with van der Waals surface area (Å²) in [5.41, 5.74) is -3.77. The number of alkyl halides is 6. The van der Waals surface area contributed by atoms with E-state index in [4.69, 9.17) is 4.74 Å². The number of carbonyl (C=O) groups is 1. The average Bonchev–Trinajstić information content (AvgIpc) is 3.88. The van der Waals surface area contributed by atoms with Crippen LogP contribution in [-0.2, 0) is 4.74 Å². The first kappa shape index (κ1) is 33.0. The molecule has 0 aliphatic heterocycles. The Morgan fingerprint density at radius 1 is 0.667 bits per heavy atom. The summed E-state index contributed by atoms with van der Waals surface area (Å²) in [4.78, 5) is 14.9. The molecule has 15 heteroatoms. The van der Waals surface area contributed by atoms with Gasteiger partial charge in [0, 0.05) is 51.5 Å². The van der Waals surface area contributed by atoms with E-state index in [1.165, 1.54) is 54.0 Å². The van der Waals surface area contributed by atoms with Crippen molar-refractivity contribution in [3.63, 3.8) is 0 Å². The molecule has 0 radical (unpaired) electrons. The van der Waals surface area contributed by atoms with E-state index in [2.05, 4.69) is 6.58 Å². The van der Waals surface area contributed by atoms with E-state index in [1.807, 2.05) is 0 Å². The molecule has 1 aliphatic rings. The van der Waals surface area contributed by atoms with Gasteiger partial charge >= 0.3 is 23.7 Å². The van der Waals surface area contributed by atoms with E-state index in [0.29, 0.717) is 35.0 Å². The molecule has 48 heavy (non-hydrogen) atoms. The molecule has 0 bridgehead atoms. The summed E-state index contributed by atoms with van der Waals surface area (Å²) < 4.78 is 101. The number of carboxylic acid groups (broad SMARTS) is 1. The lowest BCUT2D eigenvalue weighted by Gasteiger charge is -2.25. The van der Waals surface area contributed by atoms with Gasteiger partial charge in [0.2, 0.25) is 0 Å². The Labute approximate surface area is 293 Å². The van der Waals surface area contributed by atoms with Crippen LogP contribution in [-0.4, -0.2) is 36.0 Å². The molecule has 246 valence electrons. The zero-order chi connectivity index (χ0) is 34.2. The number of rotatable bonds is 9. The topological polar surface area (TPSA) is 46.5 Å². The van der Waals surface area contributed by atoms with Gasteiger partial charge in [0.1, 0.15) is 10.6 Å². The summed E-state index contributed by atoms with van der Waals surface area (Å²) in [7, 11) is 1.44. The van der Waals surface area contributed by atoms with Gasteiger partial charge in [-0.25, -0.2) is 4.79 Å². The van der Waals surface area contributed by atoms with Crippen LogP contribution in [0.15, 0.2) is 78.0 Å². The van der Waals surface area contributed by atoms with E-state index >= 15 is 26.3 Å². The van der Waals surface area contributed by atoms with Crippen molar-refractivity contribution in [2.45, 2.75) is 17.8 Å². The van der Waals surface area contributed by atoms with Crippen molar-refractivity contribution in [2.75, 3.05) is 7.11 Å². The van der Waals surface area contributed by atoms with E-state index in [9.17, 15) is 9.90 Å². The maximum atomic E-state index is 16.2. The maximum Gasteiger partial charge on any atom is 0.380 e. The lowest BCUT2D eigenvalue weighted by molar-refractivity contribution is -0.254. The predicted molar refractivity (Wildman–Crippen MR) is 187 cm³/mol. The number of hydrogen-bond acceptors (Lipinski definition) is 8. The first-order valence-corrected chi connectivity index (χ1v) is 18.7. The molecule has 0 spiro atoms. The highest BCUT2D eigenvalue weighted by Gasteiger charge is 2.80. The largest absolute Gasteiger partial charge is 0.496 e. The van der Waals surface area contributed by atoms with Crippen molar-refractivity contribution < 1.29 is 41.0 Å². The van der Waals surface area contributed by atoms with Gasteiger partial charge in [-0.2, -0.15) is 26.3 Å². The van der Waals surface area contributed by atoms with Crippen molar-refractivity contribution in [1.29, 1.82) is 0 Å². The molecule has 7 rings (SSSR count). The molecule has 6 aromatic heterocycles. The predicted octanol–water partition coefficient (Wildman–Crippen LogP) is 12.9. The molecule has 1 N–H and O–H groups in total. The van der Waals surface area contributed by atoms with Gasteiger partial charge in [-0.3, -0.25) is 0 Å². The third kappa shape index (κ3) is 5.05. The molecular formula is C33H18F6O3S6. The van der Waals surface area contributed by atoms with Crippen molar-refractivity contribution in [3.05, 3.63) is 98.9 Å². The molecule has 0 aromatic carbocycles. The van der Waals surface area contributed by atoms with Gasteiger partial charge in [0.25, 0.3) is 0 Å². The fourth-order valence-electron chi connectivity index (χ4n) is 5.32. The third-order valence-corrected chi connectivity index (χ3v) is 14.6. The van der Waals surface area contributed by atoms with Crippen LogP contribution in [0.25, 0.3) is 55.9 Å². The molecule has 3 nitrogen and oxygen atoms in total. The van der Waals surface area contributed by atoms with Crippen LogP contribution in [0.3, 0.4) is 0 Å². The van der Waals surface area contributed by atoms with Crippen molar-refractivity contribution in [2.24, 2.45) is 0 Å². The summed E-state index contributed by atoms with van der Waals surface area (Å²) >= 11 is 6.40. The average molecular weight is 769 g/mol. The molecule has 6 aromatic rings. The van der Waals surface area contributed by atoms with Gasteiger partial charge in [0.15, 0.2) is 0 Å². The number of ether oxygens (including phenoxy) is 1. The third-order valence-electron chi connectivity index (χ3n) is 7.59. The van der Waals surface area contributed by atoms with Gasteiger partial charge in [-0.1, -0.05) is 18.7 Å². The molecule has 0 saturated carbocycles. The fraction of sp³-hybridized carbons (Fsp3) is 0.121. The summed E-state index contributed by atoms with van der Waals surface area (Å²) in [6, 6.07) is 15.2. The van der Waals surface area contributed by atoms with Gasteiger partial charge in [-0.15, -0.1) is 68.0 Å². The van der Waals surface area contributed by atoms with Gasteiger partial charge in [-0.05, 0) is 59.3 Å². The zero-order valence-corrected chi connectivity index (χ0v) is 29.0. The quantitative estimate of drug-likeness (QED) is 0.118. The first-order chi connectivity index (χ1) is 22.8. The molecule has 1 aliphatic carbocycles. The van der Waals surface area contributed by atoms with Crippen LogP contribution in [0.2, 0.25) is 0 Å². The van der Waals surface area contributed by atoms with Crippen LogP contribution in [0.5, 0.6) is 0 Å². The minimum absolute atomic E-state index is 0.0287. The summed E-state index contributed by atoms with van der Waals surface area (Å²) in [6.07, 6.45) is 0. The minimum atomic E-state index is -5.76. The fourth-order valence-corrected chi connectivity index (χ4v) is 11.3. The number of aromatic carboxylic acids is 1. The molecule has 0 unspecified atom stereocenters. The lowest BCUT2D eigenvalue weighted by atomic mass is 9.94. The van der Waals surface area contributed by atoms with Crippen molar-refractivity contribution >= 4 is 90.9 Å². The summed E-state index contributed by atoms with van der Waals surface area (Å²) in [5.74, 6) is -17.1. The number of allylic oxidation sites excluding steroid dienone is 2. The number of methoxy groups -OCH3 is 1. The highest BCUT2D eigenvalue weighted by molar-refractivity contribution is 7.27. The number of halogens is 6. The maximum absolute atomic E-state index is 16.2. The molecule has 0 atom stereocenters. The summed E-state index contributed by atoms with van der Waals surface area (Å²) in [6.45, 7) is 3.83. The van der Waals surface area contributed by atoms with E-state index in [0.717, 1.165) is 45.3 Å². The van der Waals surface area contributed by atoms with Crippen LogP contribution >= 0.6 is 68.0 Å². The van der Waals surface area contributed by atoms with Crippen LogP contribution < -0.4 is 0 Å². The summed E-state index contributed by atoms with van der Waals surface area (Å²) in [5, 5.41) is 12.8. The number of hydrogen-bond donors (Lipinski definition) is 1. The highest BCUT2D eigenvalue weighted by Crippen LogP contribution is 2.67. The molecule has 0 fully saturated rings. The number of thiophene rings is 6. The van der Waals surface area contributed by atoms with E-state index in [-0.39, 0.29) is 19.5 Å². The van der Waals surface area contributed by atoms with Crippen molar-refractivity contribution in [3.8, 4) is 39.0 Å². The number of carboxylic acids is 1. The second-order valence-electron chi connectivity index (χ2n) is 10.4. The van der Waals surface area contributed by atoms with Gasteiger partial charge in [0.05, 0.1) is 21.7 Å². The molecule has 6 heterocycles. The minimum Gasteiger partial charge on any atom is -0.496 e. The van der Waals surface area contributed by atoms with Crippen LogP contribution in [0, 0.1) is 0 Å². The second kappa shape index (κ2) is 11.8. The van der Waals surface area contributed by atoms with Crippen molar-refractivity contribution in [1.82, 2.24) is 0 Å². The van der Waals surface area contributed by atoms with E-state index in [1.54, 1.807) is 47.2 Å². The second-order valence-corrected chi connectivity index (χ2v) is 16.6. The monoisotopic (exact) mass is 768 g/mol. The zero-order valence-electron chi connectivity index (χ0n) is 24.1. The lowest BCUT2D eigenvalue weighted by Crippen LogP contribution is -2.48. The van der Waals surface area contributed by atoms with Crippen LogP contribution in [0.4, 0.5) is 26.3 Å². The standard InChI is InChI=1S/C33H18F6O3S6/c1-15(42-2)18-7-8-19(45-18)24-13-16(28(47-24)21-5-3-11-43-21)26-27(32(36,37)33(38,39)31(26,34)35)17-14-25(20-9-10-23(46-20)30(40)41)48-29(17)22-6-4-12-44-22/h3-14H,1H2,2H3,(H,40,41). The Hall–Kier alpha value is -3.47. The normalized spacial score (nSPS) is 16.5. The van der Waals surface area contributed by atoms with E-state index < -0.39 is 46.0 Å².